The van der Waals surface area contributed by atoms with Crippen molar-refractivity contribution in [2.45, 2.75) is 31.3 Å². The van der Waals surface area contributed by atoms with E-state index in [1.165, 1.54) is 35.7 Å². The molecule has 210 valence electrons. The summed E-state index contributed by atoms with van der Waals surface area (Å²) in [6, 6.07) is 22.1. The number of carbonyl (C=O) groups is 1. The molecule has 10 nitrogen and oxygen atoms in total. The van der Waals surface area contributed by atoms with Gasteiger partial charge in [0.25, 0.3) is 11.6 Å². The van der Waals surface area contributed by atoms with Crippen LogP contribution in [0.1, 0.15) is 31.9 Å². The van der Waals surface area contributed by atoms with Gasteiger partial charge < -0.3 is 4.74 Å². The number of hydrogen-bond acceptors (Lipinski definition) is 8. The van der Waals surface area contributed by atoms with Crippen LogP contribution in [0.4, 0.5) is 5.69 Å². The van der Waals surface area contributed by atoms with Gasteiger partial charge in [0.2, 0.25) is 0 Å². The number of hydrogen-bond donors (Lipinski definition) is 1. The number of nitrogens with zero attached hydrogens (tertiary/aromatic N) is 5. The van der Waals surface area contributed by atoms with Gasteiger partial charge in [0.15, 0.2) is 11.0 Å². The topological polar surface area (TPSA) is 125 Å². The second kappa shape index (κ2) is 13.1. The van der Waals surface area contributed by atoms with Crippen molar-refractivity contribution in [1.82, 2.24) is 20.2 Å². The van der Waals surface area contributed by atoms with Crippen molar-refractivity contribution in [3.63, 3.8) is 0 Å². The number of nitrogens with one attached hydrogen (secondary N) is 1. The number of benzene rings is 3. The summed E-state index contributed by atoms with van der Waals surface area (Å²) in [7, 11) is 1.61. The van der Waals surface area contributed by atoms with E-state index in [0.29, 0.717) is 16.5 Å². The van der Waals surface area contributed by atoms with E-state index in [-0.39, 0.29) is 22.8 Å². The summed E-state index contributed by atoms with van der Waals surface area (Å²) in [4.78, 5) is 23.2. The molecular weight excluding hydrogens is 540 g/mol. The molecule has 0 saturated carbocycles. The zero-order chi connectivity index (χ0) is 29.4. The molecule has 0 atom stereocenters. The molecule has 0 saturated heterocycles. The molecule has 0 spiro atoms. The number of thioether (sulfide) groups is 1. The molecule has 41 heavy (non-hydrogen) atoms. The smallest absolute Gasteiger partial charge is 0.276 e. The Morgan fingerprint density at radius 1 is 1.07 bits per heavy atom. The van der Waals surface area contributed by atoms with Gasteiger partial charge in [-0.05, 0) is 53.5 Å². The third-order valence-corrected chi connectivity index (χ3v) is 6.99. The molecule has 1 amide bonds. The molecule has 1 aromatic heterocycles. The molecule has 0 aliphatic carbocycles. The van der Waals surface area contributed by atoms with E-state index in [2.05, 4.69) is 53.6 Å². The first kappa shape index (κ1) is 29.2. The minimum Gasteiger partial charge on any atom is -0.497 e. The van der Waals surface area contributed by atoms with Gasteiger partial charge in [-0.3, -0.25) is 19.5 Å². The molecule has 0 aliphatic heterocycles. The summed E-state index contributed by atoms with van der Waals surface area (Å²) < 4.78 is 7.21. The highest BCUT2D eigenvalue weighted by Crippen LogP contribution is 2.30. The van der Waals surface area contributed by atoms with Crippen LogP contribution >= 0.6 is 11.8 Å². The Morgan fingerprint density at radius 3 is 2.44 bits per heavy atom. The van der Waals surface area contributed by atoms with Crippen molar-refractivity contribution >= 4 is 35.6 Å². The normalized spacial score (nSPS) is 11.7. The summed E-state index contributed by atoms with van der Waals surface area (Å²) in [5.41, 5.74) is 5.84. The number of nitro benzene ring substituents is 1. The second-order valence-electron chi connectivity index (χ2n) is 9.94. The lowest BCUT2D eigenvalue weighted by Crippen LogP contribution is -2.19. The van der Waals surface area contributed by atoms with Crippen LogP contribution in [-0.2, 0) is 10.2 Å². The lowest BCUT2D eigenvalue weighted by atomic mass is 9.87. The molecule has 1 N–H and O–H groups in total. The summed E-state index contributed by atoms with van der Waals surface area (Å²) in [5.74, 6) is 1.07. The third-order valence-electron chi connectivity index (χ3n) is 6.06. The van der Waals surface area contributed by atoms with Gasteiger partial charge in [-0.1, -0.05) is 68.9 Å². The predicted octanol–water partition coefficient (Wildman–Crippen LogP) is 6.06. The molecule has 3 aromatic carbocycles. The fourth-order valence-electron chi connectivity index (χ4n) is 3.89. The van der Waals surface area contributed by atoms with Crippen molar-refractivity contribution in [1.29, 1.82) is 0 Å². The van der Waals surface area contributed by atoms with E-state index in [1.807, 2.05) is 41.0 Å². The van der Waals surface area contributed by atoms with Gasteiger partial charge in [0, 0.05) is 23.5 Å². The van der Waals surface area contributed by atoms with E-state index >= 15 is 0 Å². The molecule has 1 heterocycles. The minimum atomic E-state index is -0.452. The molecule has 0 unspecified atom stereocenters. The van der Waals surface area contributed by atoms with Gasteiger partial charge in [0.05, 0.1) is 23.3 Å². The van der Waals surface area contributed by atoms with E-state index in [1.54, 1.807) is 31.4 Å². The summed E-state index contributed by atoms with van der Waals surface area (Å²) in [6.45, 7) is 6.49. The average Bonchev–Trinajstić information content (AvgIpc) is 3.39. The van der Waals surface area contributed by atoms with Crippen LogP contribution in [0.5, 0.6) is 5.75 Å². The number of aromatic nitrogens is 3. The van der Waals surface area contributed by atoms with Crippen LogP contribution in [0.2, 0.25) is 0 Å². The van der Waals surface area contributed by atoms with Crippen molar-refractivity contribution in [3.8, 4) is 22.8 Å². The van der Waals surface area contributed by atoms with E-state index < -0.39 is 4.92 Å². The Labute approximate surface area is 242 Å². The summed E-state index contributed by atoms with van der Waals surface area (Å²) >= 11 is 1.23. The first-order valence-corrected chi connectivity index (χ1v) is 13.7. The molecule has 0 aliphatic rings. The number of nitro groups is 1. The fourth-order valence-corrected chi connectivity index (χ4v) is 4.63. The van der Waals surface area contributed by atoms with E-state index in [9.17, 15) is 14.9 Å². The molecule has 0 bridgehead atoms. The van der Waals surface area contributed by atoms with Gasteiger partial charge in [-0.25, -0.2) is 5.43 Å². The second-order valence-corrected chi connectivity index (χ2v) is 10.9. The number of hydrazone groups is 1. The number of allylic oxidation sites excluding steroid dienone is 1. The highest BCUT2D eigenvalue weighted by Gasteiger charge is 2.19. The van der Waals surface area contributed by atoms with Crippen LogP contribution in [-0.4, -0.2) is 44.7 Å². The van der Waals surface area contributed by atoms with Crippen LogP contribution in [0, 0.1) is 10.1 Å². The third kappa shape index (κ3) is 7.46. The molecule has 0 radical (unpaired) electrons. The maximum Gasteiger partial charge on any atom is 0.276 e. The Bertz CT molecular complexity index is 1570. The largest absolute Gasteiger partial charge is 0.497 e. The Morgan fingerprint density at radius 2 is 1.78 bits per heavy atom. The van der Waals surface area contributed by atoms with E-state index in [0.717, 1.165) is 17.0 Å². The van der Waals surface area contributed by atoms with Crippen LogP contribution in [0.3, 0.4) is 0 Å². The first-order valence-electron chi connectivity index (χ1n) is 12.7. The fraction of sp³-hybridized carbons (Fsp3) is 0.200. The Balaban J connectivity index is 1.48. The SMILES string of the molecule is COc1ccc(-n2c(SCC(=O)NN=CC=Cc3ccccc3[N+](=O)[O-])nnc2-c2ccc(C(C)(C)C)cc2)cc1. The van der Waals surface area contributed by atoms with Gasteiger partial charge >= 0.3 is 0 Å². The number of amides is 1. The number of methoxy groups -OCH3 is 1. The maximum absolute atomic E-state index is 12.5. The van der Waals surface area contributed by atoms with Crippen LogP contribution < -0.4 is 10.2 Å². The number of ether oxygens (including phenoxy) is 1. The molecule has 4 rings (SSSR count). The van der Waals surface area contributed by atoms with Crippen molar-refractivity contribution in [2.75, 3.05) is 12.9 Å². The van der Waals surface area contributed by atoms with Gasteiger partial charge in [-0.15, -0.1) is 10.2 Å². The van der Waals surface area contributed by atoms with E-state index in [4.69, 9.17) is 4.74 Å². The predicted molar refractivity (Wildman–Crippen MR) is 162 cm³/mol. The maximum atomic E-state index is 12.5. The average molecular weight is 571 g/mol. The molecular formula is C30H30N6O4S. The quantitative estimate of drug-likeness (QED) is 0.106. The Hall–Kier alpha value is -4.77. The molecule has 11 heteroatoms. The zero-order valence-electron chi connectivity index (χ0n) is 23.1. The summed E-state index contributed by atoms with van der Waals surface area (Å²) in [5, 5.41) is 24.4. The van der Waals surface area contributed by atoms with Gasteiger partial charge in [0.1, 0.15) is 5.75 Å². The van der Waals surface area contributed by atoms with Crippen molar-refractivity contribution in [2.24, 2.45) is 5.10 Å². The standard InChI is InChI=1S/C30H30N6O4S/c1-30(2,3)23-13-11-22(12-14-23)28-33-34-29(35(28)24-15-17-25(40-4)18-16-24)41-20-27(37)32-31-19-7-9-21-8-5-6-10-26(21)36(38)39/h5-19H,20H2,1-4H3,(H,32,37). The minimum absolute atomic E-state index is 0.0110. The van der Waals surface area contributed by atoms with Crippen LogP contribution in [0.25, 0.3) is 23.2 Å². The van der Waals surface area contributed by atoms with Crippen LogP contribution in [0.15, 0.2) is 89.1 Å². The highest BCUT2D eigenvalue weighted by atomic mass is 32.2. The number of para-hydroxylation sites is 1. The van der Waals surface area contributed by atoms with Gasteiger partial charge in [-0.2, -0.15) is 5.10 Å². The molecule has 4 aromatic rings. The number of carbonyl (C=O) groups excluding carboxylic acids is 1. The van der Waals surface area contributed by atoms with Crippen molar-refractivity contribution < 1.29 is 14.5 Å². The summed E-state index contributed by atoms with van der Waals surface area (Å²) in [6.07, 6.45) is 4.43. The zero-order valence-corrected chi connectivity index (χ0v) is 24.0. The lowest BCUT2D eigenvalue weighted by Gasteiger charge is -2.19. The van der Waals surface area contributed by atoms with Crippen molar-refractivity contribution in [3.05, 3.63) is 100 Å². The monoisotopic (exact) mass is 570 g/mol. The highest BCUT2D eigenvalue weighted by molar-refractivity contribution is 7.99. The lowest BCUT2D eigenvalue weighted by molar-refractivity contribution is -0.385. The first-order chi connectivity index (χ1) is 19.7. The number of rotatable bonds is 10. The molecule has 0 fully saturated rings. The Kier molecular flexibility index (Phi) is 9.30.